The molecule has 5 nitrogen and oxygen atoms in total. The van der Waals surface area contributed by atoms with Crippen molar-refractivity contribution in [2.75, 3.05) is 31.1 Å². The summed E-state index contributed by atoms with van der Waals surface area (Å²) in [5.41, 5.74) is 1.63. The smallest absolute Gasteiger partial charge is 0.225 e. The van der Waals surface area contributed by atoms with E-state index < -0.39 is 0 Å². The minimum atomic E-state index is 0.405. The van der Waals surface area contributed by atoms with Crippen molar-refractivity contribution in [3.8, 4) is 0 Å². The molecular formula is C17H23N5S. The van der Waals surface area contributed by atoms with Crippen LogP contribution in [0, 0.1) is 12.3 Å². The van der Waals surface area contributed by atoms with E-state index in [4.69, 9.17) is 0 Å². The van der Waals surface area contributed by atoms with Gasteiger partial charge in [0.15, 0.2) is 0 Å². The second-order valence-corrected chi connectivity index (χ2v) is 7.95. The molecule has 2 saturated heterocycles. The van der Waals surface area contributed by atoms with Gasteiger partial charge in [0.1, 0.15) is 0 Å². The van der Waals surface area contributed by atoms with Gasteiger partial charge in [-0.15, -0.1) is 11.3 Å². The summed E-state index contributed by atoms with van der Waals surface area (Å²) in [5.74, 6) is 0.889. The third kappa shape index (κ3) is 3.23. The summed E-state index contributed by atoms with van der Waals surface area (Å²) in [4.78, 5) is 18.4. The maximum absolute atomic E-state index is 4.62. The van der Waals surface area contributed by atoms with E-state index in [0.717, 1.165) is 25.6 Å². The van der Waals surface area contributed by atoms with Crippen LogP contribution < -0.4 is 4.90 Å². The SMILES string of the molecule is Cc1nc(CN2CC[C@]3(CCCN(c4ncccn4)C3)C2)cs1. The number of anilines is 1. The van der Waals surface area contributed by atoms with Gasteiger partial charge in [0.25, 0.3) is 0 Å². The van der Waals surface area contributed by atoms with E-state index in [1.807, 2.05) is 18.5 Å². The van der Waals surface area contributed by atoms with Crippen LogP contribution in [0.3, 0.4) is 0 Å². The molecule has 1 atom stereocenters. The van der Waals surface area contributed by atoms with Crippen LogP contribution in [-0.2, 0) is 6.54 Å². The predicted octanol–water partition coefficient (Wildman–Crippen LogP) is 2.73. The number of likely N-dealkylation sites (tertiary alicyclic amines) is 1. The molecule has 4 rings (SSSR count). The fourth-order valence-electron chi connectivity index (χ4n) is 4.04. The highest BCUT2D eigenvalue weighted by Crippen LogP contribution is 2.40. The van der Waals surface area contributed by atoms with Crippen molar-refractivity contribution in [3.63, 3.8) is 0 Å². The summed E-state index contributed by atoms with van der Waals surface area (Å²) in [6, 6.07) is 1.89. The molecule has 0 amide bonds. The molecule has 0 N–H and O–H groups in total. The van der Waals surface area contributed by atoms with Crippen molar-refractivity contribution in [1.29, 1.82) is 0 Å². The molecule has 0 radical (unpaired) electrons. The normalized spacial score (nSPS) is 25.3. The Balaban J connectivity index is 1.42. The number of nitrogens with zero attached hydrogens (tertiary/aromatic N) is 5. The number of piperidine rings is 1. The van der Waals surface area contributed by atoms with Gasteiger partial charge >= 0.3 is 0 Å². The molecule has 2 aliphatic rings. The molecular weight excluding hydrogens is 306 g/mol. The molecule has 4 heterocycles. The van der Waals surface area contributed by atoms with Crippen LogP contribution in [0.25, 0.3) is 0 Å². The van der Waals surface area contributed by atoms with E-state index in [1.165, 1.54) is 43.1 Å². The van der Waals surface area contributed by atoms with Crippen LogP contribution >= 0.6 is 11.3 Å². The van der Waals surface area contributed by atoms with E-state index in [9.17, 15) is 0 Å². The third-order valence-corrected chi connectivity index (χ3v) is 5.89. The van der Waals surface area contributed by atoms with Gasteiger partial charge in [-0.2, -0.15) is 0 Å². The summed E-state index contributed by atoms with van der Waals surface area (Å²) in [7, 11) is 0. The summed E-state index contributed by atoms with van der Waals surface area (Å²) in [6.07, 6.45) is 7.52. The van der Waals surface area contributed by atoms with Crippen molar-refractivity contribution in [3.05, 3.63) is 34.5 Å². The van der Waals surface area contributed by atoms with Crippen molar-refractivity contribution >= 4 is 17.3 Å². The second kappa shape index (κ2) is 6.17. The number of aromatic nitrogens is 3. The van der Waals surface area contributed by atoms with Crippen LogP contribution in [0.2, 0.25) is 0 Å². The van der Waals surface area contributed by atoms with Gasteiger partial charge in [-0.3, -0.25) is 4.90 Å². The first-order chi connectivity index (χ1) is 11.2. The summed E-state index contributed by atoms with van der Waals surface area (Å²) in [5, 5.41) is 3.37. The van der Waals surface area contributed by atoms with E-state index in [1.54, 1.807) is 11.3 Å². The van der Waals surface area contributed by atoms with E-state index in [-0.39, 0.29) is 0 Å². The van der Waals surface area contributed by atoms with Crippen LogP contribution in [0.1, 0.15) is 30.0 Å². The molecule has 0 saturated carbocycles. The molecule has 23 heavy (non-hydrogen) atoms. The maximum atomic E-state index is 4.62. The average molecular weight is 329 g/mol. The summed E-state index contributed by atoms with van der Waals surface area (Å²) >= 11 is 1.75. The Morgan fingerprint density at radius 3 is 2.83 bits per heavy atom. The molecule has 0 aliphatic carbocycles. The minimum absolute atomic E-state index is 0.405. The Morgan fingerprint density at radius 2 is 2.04 bits per heavy atom. The Labute approximate surface area is 141 Å². The second-order valence-electron chi connectivity index (χ2n) is 6.89. The molecule has 0 unspecified atom stereocenters. The Kier molecular flexibility index (Phi) is 4.03. The maximum Gasteiger partial charge on any atom is 0.225 e. The van der Waals surface area contributed by atoms with Crippen LogP contribution in [0.15, 0.2) is 23.8 Å². The topological polar surface area (TPSA) is 45.2 Å². The lowest BCUT2D eigenvalue weighted by molar-refractivity contribution is 0.214. The van der Waals surface area contributed by atoms with Crippen molar-refractivity contribution < 1.29 is 0 Å². The van der Waals surface area contributed by atoms with Gasteiger partial charge in [0.2, 0.25) is 5.95 Å². The molecule has 0 aromatic carbocycles. The van der Waals surface area contributed by atoms with Gasteiger partial charge in [-0.05, 0) is 38.8 Å². The fraction of sp³-hybridized carbons (Fsp3) is 0.588. The zero-order valence-electron chi connectivity index (χ0n) is 13.6. The van der Waals surface area contributed by atoms with Crippen LogP contribution in [0.4, 0.5) is 5.95 Å². The lowest BCUT2D eigenvalue weighted by atomic mass is 9.79. The van der Waals surface area contributed by atoms with E-state index in [0.29, 0.717) is 5.41 Å². The molecule has 122 valence electrons. The molecule has 2 aromatic rings. The standard InChI is InChI=1S/C17H23N5S/c1-14-20-15(11-23-14)10-21-9-5-17(12-21)4-2-8-22(13-17)16-18-6-3-7-19-16/h3,6-7,11H,2,4-5,8-10,12-13H2,1H3/t17-/m1/s1. The summed E-state index contributed by atoms with van der Waals surface area (Å²) in [6.45, 7) is 7.60. The molecule has 2 fully saturated rings. The Hall–Kier alpha value is -1.53. The lowest BCUT2D eigenvalue weighted by Crippen LogP contribution is -2.45. The highest BCUT2D eigenvalue weighted by atomic mass is 32.1. The zero-order valence-corrected chi connectivity index (χ0v) is 14.4. The highest BCUT2D eigenvalue weighted by Gasteiger charge is 2.41. The first kappa shape index (κ1) is 15.0. The van der Waals surface area contributed by atoms with Gasteiger partial charge in [-0.25, -0.2) is 15.0 Å². The summed E-state index contributed by atoms with van der Waals surface area (Å²) < 4.78 is 0. The van der Waals surface area contributed by atoms with E-state index in [2.05, 4.69) is 37.1 Å². The number of hydrogen-bond donors (Lipinski definition) is 0. The van der Waals surface area contributed by atoms with Crippen molar-refractivity contribution in [1.82, 2.24) is 19.9 Å². The largest absolute Gasteiger partial charge is 0.340 e. The third-order valence-electron chi connectivity index (χ3n) is 5.07. The van der Waals surface area contributed by atoms with Crippen LogP contribution in [-0.4, -0.2) is 46.0 Å². The van der Waals surface area contributed by atoms with Crippen LogP contribution in [0.5, 0.6) is 0 Å². The molecule has 2 aliphatic heterocycles. The zero-order chi connectivity index (χ0) is 15.7. The molecule has 0 bridgehead atoms. The first-order valence-corrected chi connectivity index (χ1v) is 9.26. The van der Waals surface area contributed by atoms with Gasteiger partial charge in [0.05, 0.1) is 10.7 Å². The molecule has 1 spiro atoms. The average Bonchev–Trinajstić information content (AvgIpc) is 3.15. The number of rotatable bonds is 3. The lowest BCUT2D eigenvalue weighted by Gasteiger charge is -2.40. The fourth-order valence-corrected chi connectivity index (χ4v) is 4.64. The van der Waals surface area contributed by atoms with Crippen molar-refractivity contribution in [2.24, 2.45) is 5.41 Å². The van der Waals surface area contributed by atoms with Gasteiger partial charge in [0, 0.05) is 49.4 Å². The van der Waals surface area contributed by atoms with Gasteiger partial charge < -0.3 is 4.90 Å². The first-order valence-electron chi connectivity index (χ1n) is 8.38. The molecule has 2 aromatic heterocycles. The minimum Gasteiger partial charge on any atom is -0.340 e. The Morgan fingerprint density at radius 1 is 1.17 bits per heavy atom. The number of hydrogen-bond acceptors (Lipinski definition) is 6. The monoisotopic (exact) mass is 329 g/mol. The highest BCUT2D eigenvalue weighted by molar-refractivity contribution is 7.09. The van der Waals surface area contributed by atoms with E-state index >= 15 is 0 Å². The van der Waals surface area contributed by atoms with Crippen molar-refractivity contribution in [2.45, 2.75) is 32.7 Å². The number of thiazole rings is 1. The predicted molar refractivity (Wildman–Crippen MR) is 92.7 cm³/mol. The quantitative estimate of drug-likeness (QED) is 0.866. The number of aryl methyl sites for hydroxylation is 1. The Bertz CT molecular complexity index is 658. The van der Waals surface area contributed by atoms with Gasteiger partial charge in [-0.1, -0.05) is 0 Å². The molecule has 6 heteroatoms.